The maximum Gasteiger partial charge on any atom is 0.316 e. The van der Waals surface area contributed by atoms with Gasteiger partial charge in [0.15, 0.2) is 5.01 Å². The summed E-state index contributed by atoms with van der Waals surface area (Å²) in [5, 5.41) is 9.83. The van der Waals surface area contributed by atoms with Gasteiger partial charge in [-0.15, -0.1) is 11.3 Å². The zero-order valence-corrected chi connectivity index (χ0v) is 24.2. The van der Waals surface area contributed by atoms with E-state index in [9.17, 15) is 28.8 Å². The van der Waals surface area contributed by atoms with Gasteiger partial charge in [-0.2, -0.15) is 0 Å². The Bertz CT molecular complexity index is 1160. The van der Waals surface area contributed by atoms with Gasteiger partial charge in [-0.25, -0.2) is 9.78 Å². The number of primary amides is 1. The van der Waals surface area contributed by atoms with Gasteiger partial charge in [-0.3, -0.25) is 24.0 Å². The Kier molecular flexibility index (Phi) is 8.54. The highest BCUT2D eigenvalue weighted by molar-refractivity contribution is 7.11. The van der Waals surface area contributed by atoms with Crippen molar-refractivity contribution in [2.24, 2.45) is 34.3 Å². The summed E-state index contributed by atoms with van der Waals surface area (Å²) in [6.07, 6.45) is 1.52. The molecule has 1 aliphatic carbocycles. The number of urea groups is 1. The molecular formula is C26H38N6O6S. The lowest BCUT2D eigenvalue weighted by molar-refractivity contribution is -0.144. The lowest BCUT2D eigenvalue weighted by Crippen LogP contribution is -2.61. The SMILES string of the molecule is CC(C)[C@H](NC(=O)N[C@H](C(=O)N1C[C@H]2[C@@H]([C@H]1C(=O)NCC(=O)C(N)=O)C2(C)C)C(C)(C)C)C(=O)c1nccs1. The first-order valence-electron chi connectivity index (χ1n) is 12.9. The molecule has 2 heterocycles. The van der Waals surface area contributed by atoms with Gasteiger partial charge in [0.05, 0.1) is 12.6 Å². The number of carbonyl (C=O) groups is 6. The molecule has 1 aromatic rings. The van der Waals surface area contributed by atoms with Gasteiger partial charge in [0.2, 0.25) is 23.4 Å². The number of likely N-dealkylation sites (tertiary alicyclic amines) is 1. The van der Waals surface area contributed by atoms with Crippen LogP contribution in [0.15, 0.2) is 11.6 Å². The number of Topliss-reactive ketones (excluding diaryl/α,β-unsaturated/α-hetero) is 2. The smallest absolute Gasteiger partial charge is 0.316 e. The topological polar surface area (TPSA) is 181 Å². The summed E-state index contributed by atoms with van der Waals surface area (Å²) >= 11 is 1.18. The second-order valence-corrected chi connectivity index (χ2v) is 13.1. The number of nitrogens with one attached hydrogen (secondary N) is 3. The van der Waals surface area contributed by atoms with Crippen LogP contribution in [0.2, 0.25) is 0 Å². The fraction of sp³-hybridized carbons (Fsp3) is 0.654. The van der Waals surface area contributed by atoms with Crippen LogP contribution < -0.4 is 21.7 Å². The molecular weight excluding hydrogens is 524 g/mol. The number of rotatable bonds is 10. The fourth-order valence-electron chi connectivity index (χ4n) is 5.31. The van der Waals surface area contributed by atoms with E-state index in [1.807, 2.05) is 13.8 Å². The molecule has 0 unspecified atom stereocenters. The second kappa shape index (κ2) is 11.0. The first kappa shape index (κ1) is 30.2. The zero-order chi connectivity index (χ0) is 29.4. The van der Waals surface area contributed by atoms with Crippen LogP contribution in [0.1, 0.15) is 58.3 Å². The third-order valence-electron chi connectivity index (χ3n) is 7.73. The molecule has 1 saturated carbocycles. The van der Waals surface area contributed by atoms with Crippen LogP contribution in [0.4, 0.5) is 4.79 Å². The van der Waals surface area contributed by atoms with Gasteiger partial charge in [0, 0.05) is 18.1 Å². The number of hydrogen-bond acceptors (Lipinski definition) is 8. The van der Waals surface area contributed by atoms with Crippen LogP contribution in [-0.4, -0.2) is 76.4 Å². The lowest BCUT2D eigenvalue weighted by Gasteiger charge is -2.37. The van der Waals surface area contributed by atoms with Gasteiger partial charge < -0.3 is 26.6 Å². The van der Waals surface area contributed by atoms with Crippen molar-refractivity contribution in [2.75, 3.05) is 13.1 Å². The number of aromatic nitrogens is 1. The highest BCUT2D eigenvalue weighted by atomic mass is 32.1. The number of nitrogens with zero attached hydrogens (tertiary/aromatic N) is 2. The van der Waals surface area contributed by atoms with E-state index >= 15 is 0 Å². The molecule has 5 amide bonds. The first-order chi connectivity index (χ1) is 18.0. The molecule has 5 N–H and O–H groups in total. The Morgan fingerprint density at radius 2 is 1.79 bits per heavy atom. The Hall–Kier alpha value is -3.35. The van der Waals surface area contributed by atoms with Crippen molar-refractivity contribution in [3.63, 3.8) is 0 Å². The van der Waals surface area contributed by atoms with Gasteiger partial charge in [-0.1, -0.05) is 48.5 Å². The molecule has 3 rings (SSSR count). The van der Waals surface area contributed by atoms with Crippen molar-refractivity contribution in [1.29, 1.82) is 0 Å². The summed E-state index contributed by atoms with van der Waals surface area (Å²) in [6.45, 7) is 12.7. The van der Waals surface area contributed by atoms with E-state index in [-0.39, 0.29) is 34.0 Å². The lowest BCUT2D eigenvalue weighted by atomic mass is 9.85. The van der Waals surface area contributed by atoms with Crippen LogP contribution in [0, 0.1) is 28.6 Å². The summed E-state index contributed by atoms with van der Waals surface area (Å²) in [6, 6.07) is -3.44. The Morgan fingerprint density at radius 3 is 2.31 bits per heavy atom. The van der Waals surface area contributed by atoms with E-state index in [4.69, 9.17) is 5.73 Å². The normalized spacial score (nSPS) is 22.9. The average molecular weight is 563 g/mol. The number of thiazole rings is 1. The zero-order valence-electron chi connectivity index (χ0n) is 23.4. The van der Waals surface area contributed by atoms with E-state index in [0.29, 0.717) is 6.54 Å². The molecule has 214 valence electrons. The van der Waals surface area contributed by atoms with Crippen molar-refractivity contribution in [3.05, 3.63) is 16.6 Å². The van der Waals surface area contributed by atoms with E-state index in [2.05, 4.69) is 20.9 Å². The molecule has 0 radical (unpaired) electrons. The molecule has 1 saturated heterocycles. The van der Waals surface area contributed by atoms with Crippen LogP contribution >= 0.6 is 11.3 Å². The third kappa shape index (κ3) is 6.29. The quantitative estimate of drug-likeness (QED) is 0.239. The predicted octanol–water partition coefficient (Wildman–Crippen LogP) is 0.718. The number of amides is 5. The molecule has 39 heavy (non-hydrogen) atoms. The highest BCUT2D eigenvalue weighted by Gasteiger charge is 2.69. The van der Waals surface area contributed by atoms with Crippen molar-refractivity contribution < 1.29 is 28.8 Å². The number of fused-ring (bicyclic) bond motifs is 1. The van der Waals surface area contributed by atoms with Crippen LogP contribution in [0.3, 0.4) is 0 Å². The van der Waals surface area contributed by atoms with Gasteiger partial charge in [-0.05, 0) is 28.6 Å². The molecule has 0 spiro atoms. The summed E-state index contributed by atoms with van der Waals surface area (Å²) in [7, 11) is 0. The highest BCUT2D eigenvalue weighted by Crippen LogP contribution is 2.65. The number of carbonyl (C=O) groups excluding carboxylic acids is 6. The Morgan fingerprint density at radius 1 is 1.15 bits per heavy atom. The van der Waals surface area contributed by atoms with Crippen molar-refractivity contribution in [1.82, 2.24) is 25.8 Å². The van der Waals surface area contributed by atoms with Gasteiger partial charge >= 0.3 is 6.03 Å². The minimum atomic E-state index is -1.16. The van der Waals surface area contributed by atoms with Gasteiger partial charge in [0.1, 0.15) is 12.1 Å². The van der Waals surface area contributed by atoms with Crippen molar-refractivity contribution in [2.45, 2.75) is 66.6 Å². The third-order valence-corrected chi connectivity index (χ3v) is 8.51. The molecule has 12 nitrogen and oxygen atoms in total. The number of hydrogen-bond donors (Lipinski definition) is 4. The minimum absolute atomic E-state index is 0.0692. The number of ketones is 2. The van der Waals surface area contributed by atoms with Crippen LogP contribution in [0.5, 0.6) is 0 Å². The molecule has 1 aliphatic heterocycles. The van der Waals surface area contributed by atoms with Crippen molar-refractivity contribution >= 4 is 46.7 Å². The Balaban J connectivity index is 1.78. The first-order valence-corrected chi connectivity index (χ1v) is 13.8. The van der Waals surface area contributed by atoms with E-state index < -0.39 is 59.6 Å². The summed E-state index contributed by atoms with van der Waals surface area (Å²) < 4.78 is 0. The number of nitrogens with two attached hydrogens (primary N) is 1. The number of piperidine rings is 1. The molecule has 1 aromatic heterocycles. The molecule has 5 atom stereocenters. The average Bonchev–Trinajstić information content (AvgIpc) is 3.29. The van der Waals surface area contributed by atoms with Crippen LogP contribution in [0.25, 0.3) is 0 Å². The van der Waals surface area contributed by atoms with Crippen molar-refractivity contribution in [3.8, 4) is 0 Å². The maximum absolute atomic E-state index is 13.9. The van der Waals surface area contributed by atoms with Gasteiger partial charge in [0.25, 0.3) is 5.91 Å². The summed E-state index contributed by atoms with van der Waals surface area (Å²) in [5.41, 5.74) is 4.06. The summed E-state index contributed by atoms with van der Waals surface area (Å²) in [4.78, 5) is 81.3. The molecule has 2 fully saturated rings. The van der Waals surface area contributed by atoms with E-state index in [1.54, 1.807) is 40.0 Å². The summed E-state index contributed by atoms with van der Waals surface area (Å²) in [5.74, 6) is -3.73. The second-order valence-electron chi connectivity index (χ2n) is 12.2. The molecule has 2 aliphatic rings. The molecule has 0 aromatic carbocycles. The minimum Gasteiger partial charge on any atom is -0.363 e. The maximum atomic E-state index is 13.9. The fourth-order valence-corrected chi connectivity index (χ4v) is 5.93. The van der Waals surface area contributed by atoms with E-state index in [0.717, 1.165) is 0 Å². The van der Waals surface area contributed by atoms with Crippen LogP contribution in [-0.2, 0) is 19.2 Å². The Labute approximate surface area is 231 Å². The van der Waals surface area contributed by atoms with E-state index in [1.165, 1.54) is 22.4 Å². The monoisotopic (exact) mass is 562 g/mol. The largest absolute Gasteiger partial charge is 0.363 e. The molecule has 0 bridgehead atoms. The standard InChI is InChI=1S/C26H38N6O6S/c1-12(2)16(18(34)22-28-8-9-39-22)30-24(38)31-19(25(3,4)5)23(37)32-11-13-15(26(13,6)7)17(32)21(36)29-10-14(33)20(27)35/h8-9,12-13,15-17,19H,10-11H2,1-7H3,(H2,27,35)(H,29,36)(H2,30,31,38)/t13-,15-,16-,17-,19+/m0/s1. The molecule has 13 heteroatoms. The predicted molar refractivity (Wildman–Crippen MR) is 143 cm³/mol.